The Morgan fingerprint density at radius 1 is 1.53 bits per heavy atom. The lowest BCUT2D eigenvalue weighted by atomic mass is 10.3. The van der Waals surface area contributed by atoms with Crippen LogP contribution in [0.15, 0.2) is 12.1 Å². The fourth-order valence-corrected chi connectivity index (χ4v) is 1.73. The normalized spacial score (nSPS) is 10.5. The number of methoxy groups -OCH3 is 1. The van der Waals surface area contributed by atoms with E-state index in [0.717, 1.165) is 0 Å². The lowest BCUT2D eigenvalue weighted by Gasteiger charge is -1.99. The molecule has 0 radical (unpaired) electrons. The van der Waals surface area contributed by atoms with Gasteiger partial charge in [0.15, 0.2) is 0 Å². The summed E-state index contributed by atoms with van der Waals surface area (Å²) in [7, 11) is 1.50. The first-order valence-corrected chi connectivity index (χ1v) is 5.44. The highest BCUT2D eigenvalue weighted by atomic mass is 35.5. The van der Waals surface area contributed by atoms with E-state index in [-0.39, 0.29) is 0 Å². The number of carbonyl (C=O) groups is 1. The molecular formula is C11H11ClN2O3. The van der Waals surface area contributed by atoms with Gasteiger partial charge in [-0.25, -0.2) is 9.78 Å². The molecule has 0 aliphatic heterocycles. The van der Waals surface area contributed by atoms with Crippen LogP contribution in [0, 0.1) is 0 Å². The van der Waals surface area contributed by atoms with Crippen LogP contribution in [0.2, 0.25) is 5.15 Å². The van der Waals surface area contributed by atoms with Crippen molar-refractivity contribution in [3.63, 3.8) is 0 Å². The lowest BCUT2D eigenvalue weighted by Crippen LogP contribution is -2.04. The van der Waals surface area contributed by atoms with Crippen molar-refractivity contribution >= 4 is 28.5 Å². The highest BCUT2D eigenvalue weighted by molar-refractivity contribution is 6.30. The van der Waals surface area contributed by atoms with Crippen LogP contribution in [0.5, 0.6) is 5.88 Å². The van der Waals surface area contributed by atoms with Crippen molar-refractivity contribution < 1.29 is 14.3 Å². The molecule has 0 amide bonds. The van der Waals surface area contributed by atoms with Crippen molar-refractivity contribution in [2.45, 2.75) is 6.92 Å². The Morgan fingerprint density at radius 3 is 2.94 bits per heavy atom. The van der Waals surface area contributed by atoms with Gasteiger partial charge in [-0.05, 0) is 19.1 Å². The first-order valence-electron chi connectivity index (χ1n) is 5.06. The van der Waals surface area contributed by atoms with Gasteiger partial charge in [0.25, 0.3) is 0 Å². The number of aromatic amines is 1. The Labute approximate surface area is 103 Å². The molecule has 2 rings (SSSR count). The second-order valence-electron chi connectivity index (χ2n) is 3.32. The Balaban J connectivity index is 2.53. The molecule has 0 unspecified atom stereocenters. The molecule has 90 valence electrons. The van der Waals surface area contributed by atoms with Gasteiger partial charge in [0.1, 0.15) is 10.8 Å². The van der Waals surface area contributed by atoms with E-state index in [4.69, 9.17) is 21.1 Å². The third-order valence-electron chi connectivity index (χ3n) is 2.24. The van der Waals surface area contributed by atoms with Crippen molar-refractivity contribution in [1.82, 2.24) is 9.97 Å². The summed E-state index contributed by atoms with van der Waals surface area (Å²) in [6.07, 6.45) is 0. The van der Waals surface area contributed by atoms with E-state index >= 15 is 0 Å². The molecule has 0 bridgehead atoms. The van der Waals surface area contributed by atoms with E-state index in [1.165, 1.54) is 7.11 Å². The van der Waals surface area contributed by atoms with E-state index in [2.05, 4.69) is 9.97 Å². The molecule has 0 aliphatic rings. The molecule has 0 aliphatic carbocycles. The second kappa shape index (κ2) is 4.63. The maximum absolute atomic E-state index is 11.6. The number of aromatic nitrogens is 2. The number of ether oxygens (including phenoxy) is 2. The third kappa shape index (κ3) is 2.19. The molecule has 2 heterocycles. The largest absolute Gasteiger partial charge is 0.480 e. The number of hydrogen-bond acceptors (Lipinski definition) is 4. The Morgan fingerprint density at radius 2 is 2.29 bits per heavy atom. The minimum atomic E-state index is -0.415. The molecule has 0 saturated carbocycles. The predicted molar refractivity (Wildman–Crippen MR) is 63.6 cm³/mol. The zero-order valence-electron chi connectivity index (χ0n) is 9.41. The summed E-state index contributed by atoms with van der Waals surface area (Å²) in [5.41, 5.74) is 1.04. The molecule has 0 spiro atoms. The summed E-state index contributed by atoms with van der Waals surface area (Å²) in [4.78, 5) is 18.5. The van der Waals surface area contributed by atoms with Crippen LogP contribution in [0.25, 0.3) is 10.9 Å². The summed E-state index contributed by atoms with van der Waals surface area (Å²) in [5.74, 6) is -0.0406. The number of rotatable bonds is 3. The van der Waals surface area contributed by atoms with E-state index < -0.39 is 5.97 Å². The molecule has 1 N–H and O–H groups in total. The predicted octanol–water partition coefficient (Wildman–Crippen LogP) is 2.40. The second-order valence-corrected chi connectivity index (χ2v) is 3.71. The smallest absolute Gasteiger partial charge is 0.354 e. The maximum Gasteiger partial charge on any atom is 0.354 e. The Kier molecular flexibility index (Phi) is 3.19. The number of hydrogen-bond donors (Lipinski definition) is 1. The molecule has 17 heavy (non-hydrogen) atoms. The monoisotopic (exact) mass is 254 g/mol. The fourth-order valence-electron chi connectivity index (χ4n) is 1.54. The van der Waals surface area contributed by atoms with Crippen LogP contribution in [-0.4, -0.2) is 29.7 Å². The van der Waals surface area contributed by atoms with Crippen molar-refractivity contribution in [1.29, 1.82) is 0 Å². The van der Waals surface area contributed by atoms with Gasteiger partial charge in [0.2, 0.25) is 5.88 Å². The molecule has 0 fully saturated rings. The van der Waals surface area contributed by atoms with E-state index in [9.17, 15) is 4.79 Å². The van der Waals surface area contributed by atoms with E-state index in [0.29, 0.717) is 34.2 Å². The standard InChI is InChI=1S/C11H11ClN2O3/c1-3-17-11(15)8-4-6-7(13-8)5-9(12)14-10(6)16-2/h4-5,13H,3H2,1-2H3. The highest BCUT2D eigenvalue weighted by Gasteiger charge is 2.14. The number of esters is 1. The first kappa shape index (κ1) is 11.7. The van der Waals surface area contributed by atoms with Gasteiger partial charge in [-0.2, -0.15) is 0 Å². The Hall–Kier alpha value is -1.75. The van der Waals surface area contributed by atoms with Crippen LogP contribution in [0.3, 0.4) is 0 Å². The van der Waals surface area contributed by atoms with Gasteiger partial charge in [-0.3, -0.25) is 0 Å². The van der Waals surface area contributed by atoms with Crippen LogP contribution < -0.4 is 4.74 Å². The average molecular weight is 255 g/mol. The minimum Gasteiger partial charge on any atom is -0.480 e. The quantitative estimate of drug-likeness (QED) is 0.675. The van der Waals surface area contributed by atoms with Crippen LogP contribution in [0.1, 0.15) is 17.4 Å². The van der Waals surface area contributed by atoms with Crippen molar-refractivity contribution in [2.24, 2.45) is 0 Å². The van der Waals surface area contributed by atoms with Gasteiger partial charge < -0.3 is 14.5 Å². The number of halogens is 1. The van der Waals surface area contributed by atoms with E-state index in [1.54, 1.807) is 19.1 Å². The summed E-state index contributed by atoms with van der Waals surface area (Å²) in [6.45, 7) is 2.07. The van der Waals surface area contributed by atoms with Crippen molar-refractivity contribution in [3.05, 3.63) is 23.0 Å². The lowest BCUT2D eigenvalue weighted by molar-refractivity contribution is 0.0520. The molecule has 0 atom stereocenters. The molecule has 0 aromatic carbocycles. The van der Waals surface area contributed by atoms with Gasteiger partial charge in [-0.1, -0.05) is 11.6 Å². The zero-order chi connectivity index (χ0) is 12.4. The molecule has 2 aromatic rings. The van der Waals surface area contributed by atoms with E-state index in [1.807, 2.05) is 0 Å². The molecule has 0 saturated heterocycles. The average Bonchev–Trinajstić information content (AvgIpc) is 2.71. The zero-order valence-corrected chi connectivity index (χ0v) is 10.2. The summed E-state index contributed by atoms with van der Waals surface area (Å²) in [5, 5.41) is 0.992. The van der Waals surface area contributed by atoms with Gasteiger partial charge >= 0.3 is 5.97 Å². The number of H-pyrrole nitrogens is 1. The number of nitrogens with one attached hydrogen (secondary N) is 1. The molecule has 6 heteroatoms. The van der Waals surface area contributed by atoms with Crippen LogP contribution in [0.4, 0.5) is 0 Å². The first-order chi connectivity index (χ1) is 8.15. The summed E-state index contributed by atoms with van der Waals surface area (Å²) in [6, 6.07) is 3.26. The summed E-state index contributed by atoms with van der Waals surface area (Å²) >= 11 is 5.83. The minimum absolute atomic E-state index is 0.298. The van der Waals surface area contributed by atoms with Crippen LogP contribution >= 0.6 is 11.6 Å². The third-order valence-corrected chi connectivity index (χ3v) is 2.43. The maximum atomic E-state index is 11.6. The number of carbonyl (C=O) groups excluding carboxylic acids is 1. The van der Waals surface area contributed by atoms with Crippen molar-refractivity contribution in [3.8, 4) is 5.88 Å². The number of fused-ring (bicyclic) bond motifs is 1. The Bertz CT molecular complexity index is 565. The molecule has 2 aromatic heterocycles. The van der Waals surface area contributed by atoms with Gasteiger partial charge in [-0.15, -0.1) is 0 Å². The number of nitrogens with zero attached hydrogens (tertiary/aromatic N) is 1. The highest BCUT2D eigenvalue weighted by Crippen LogP contribution is 2.27. The fraction of sp³-hybridized carbons (Fsp3) is 0.273. The number of pyridine rings is 1. The topological polar surface area (TPSA) is 64.2 Å². The molecule has 5 nitrogen and oxygen atoms in total. The van der Waals surface area contributed by atoms with Crippen LogP contribution in [-0.2, 0) is 4.74 Å². The SMILES string of the molecule is CCOC(=O)c1cc2c(OC)nc(Cl)cc2[nH]1. The van der Waals surface area contributed by atoms with Gasteiger partial charge in [0.05, 0.1) is 24.6 Å². The van der Waals surface area contributed by atoms with Gasteiger partial charge in [0, 0.05) is 0 Å². The summed E-state index contributed by atoms with van der Waals surface area (Å²) < 4.78 is 9.99. The van der Waals surface area contributed by atoms with Crippen molar-refractivity contribution in [2.75, 3.05) is 13.7 Å². The molecular weight excluding hydrogens is 244 g/mol.